The van der Waals surface area contributed by atoms with Crippen molar-refractivity contribution in [3.8, 4) is 0 Å². The van der Waals surface area contributed by atoms with Crippen LogP contribution < -0.4 is 0 Å². The largest absolute Gasteiger partial charge is 0.501 e. The Morgan fingerprint density at radius 1 is 0.657 bits per heavy atom. The zero-order chi connectivity index (χ0) is 26.6. The lowest BCUT2D eigenvalue weighted by Gasteiger charge is -2.28. The fraction of sp³-hybridized carbons (Fsp3) is 0.926. The number of hydrogen-bond acceptors (Lipinski definition) is 6. The van der Waals surface area contributed by atoms with E-state index in [1.165, 1.54) is 57.8 Å². The predicted octanol–water partition coefficient (Wildman–Crippen LogP) is 8.34. The van der Waals surface area contributed by atoms with Gasteiger partial charge >= 0.3 is 14.8 Å². The van der Waals surface area contributed by atoms with E-state index < -0.39 is 14.8 Å². The Labute approximate surface area is 223 Å². The molecule has 0 heterocycles. The molecule has 0 saturated carbocycles. The molecule has 0 radical (unpaired) electrons. The molecule has 0 unspecified atom stereocenters. The molecule has 0 fully saturated rings. The second-order valence-electron chi connectivity index (χ2n) is 8.74. The number of rotatable bonds is 24. The fourth-order valence-corrected chi connectivity index (χ4v) is 6.46. The molecule has 0 aliphatic carbocycles. The molecule has 35 heavy (non-hydrogen) atoms. The van der Waals surface area contributed by atoms with Crippen LogP contribution in [0.5, 0.6) is 0 Å². The van der Waals surface area contributed by atoms with Gasteiger partial charge in [-0.1, -0.05) is 78.1 Å². The summed E-state index contributed by atoms with van der Waals surface area (Å²) in [5.74, 6) is -0.663. The molecule has 0 spiro atoms. The van der Waals surface area contributed by atoms with Crippen LogP contribution in [0.4, 0.5) is 0 Å². The summed E-state index contributed by atoms with van der Waals surface area (Å²) >= 11 is 5.29. The third kappa shape index (κ3) is 26.3. The summed E-state index contributed by atoms with van der Waals surface area (Å²) in [6.45, 7) is 12.8. The Morgan fingerprint density at radius 2 is 1.09 bits per heavy atom. The molecule has 210 valence electrons. The van der Waals surface area contributed by atoms with Gasteiger partial charge in [0.1, 0.15) is 0 Å². The van der Waals surface area contributed by atoms with E-state index in [0.29, 0.717) is 32.8 Å². The third-order valence-corrected chi connectivity index (χ3v) is 8.94. The number of carboxylic acid groups (broad SMARTS) is 1. The molecule has 0 atom stereocenters. The highest BCUT2D eigenvalue weighted by Crippen LogP contribution is 2.18. The Kier molecular flexibility index (Phi) is 29.3. The van der Waals surface area contributed by atoms with Gasteiger partial charge in [0, 0.05) is 38.7 Å². The zero-order valence-electron chi connectivity index (χ0n) is 23.5. The lowest BCUT2D eigenvalue weighted by molar-refractivity contribution is -0.137. The highest BCUT2D eigenvalue weighted by molar-refractivity contribution is 7.80. The second kappa shape index (κ2) is 28.0. The van der Waals surface area contributed by atoms with Gasteiger partial charge < -0.3 is 23.1 Å². The summed E-state index contributed by atoms with van der Waals surface area (Å²) < 4.78 is 23.1. The summed E-state index contributed by atoms with van der Waals surface area (Å²) in [6.07, 6.45) is 16.6. The lowest BCUT2D eigenvalue weighted by Crippen LogP contribution is -2.46. The van der Waals surface area contributed by atoms with Gasteiger partial charge in [0.2, 0.25) is 0 Å². The zero-order valence-corrected chi connectivity index (χ0v) is 25.4. The summed E-state index contributed by atoms with van der Waals surface area (Å²) in [7, 11) is -2.53. The number of ether oxygens (including phenoxy) is 1. The minimum Gasteiger partial charge on any atom is -0.487 e. The Hall–Kier alpha value is -0.543. The van der Waals surface area contributed by atoms with E-state index in [4.69, 9.17) is 35.3 Å². The second-order valence-corrected chi connectivity index (χ2v) is 11.9. The van der Waals surface area contributed by atoms with Crippen molar-refractivity contribution in [2.75, 3.05) is 26.4 Å². The molecule has 0 aliphatic heterocycles. The number of aliphatic carboxylic acids is 1. The highest BCUT2D eigenvalue weighted by Gasteiger charge is 2.39. The molecular formula is C27H56O6SSi. The van der Waals surface area contributed by atoms with E-state index in [2.05, 4.69) is 13.8 Å². The fourth-order valence-electron chi connectivity index (χ4n) is 3.65. The predicted molar refractivity (Wildman–Crippen MR) is 152 cm³/mol. The minimum absolute atomic E-state index is 0.341. The van der Waals surface area contributed by atoms with E-state index in [0.717, 1.165) is 43.2 Å². The summed E-state index contributed by atoms with van der Waals surface area (Å²) in [6, 6.07) is 0.779. The third-order valence-electron chi connectivity index (χ3n) is 5.46. The Bertz CT molecular complexity index is 462. The molecule has 6 nitrogen and oxygen atoms in total. The molecule has 1 N–H and O–H groups in total. The first-order valence-corrected chi connectivity index (χ1v) is 16.5. The van der Waals surface area contributed by atoms with Crippen LogP contribution in [0.25, 0.3) is 0 Å². The van der Waals surface area contributed by atoms with Crippen LogP contribution >= 0.6 is 12.2 Å². The van der Waals surface area contributed by atoms with Crippen molar-refractivity contribution in [3.05, 3.63) is 0 Å². The van der Waals surface area contributed by atoms with Crippen molar-refractivity contribution < 1.29 is 27.9 Å². The summed E-state index contributed by atoms with van der Waals surface area (Å²) in [5.41, 5.74) is 0. The number of carbonyl (C=O) groups is 1. The average molecular weight is 537 g/mol. The van der Waals surface area contributed by atoms with Crippen LogP contribution in [-0.2, 0) is 22.8 Å². The van der Waals surface area contributed by atoms with E-state index in [1.54, 1.807) is 0 Å². The average Bonchev–Trinajstić information content (AvgIpc) is 2.82. The molecule has 0 aromatic rings. The quantitative estimate of drug-likeness (QED) is 0.0754. The molecule has 0 aromatic carbocycles. The maximum Gasteiger partial charge on any atom is 0.501 e. The van der Waals surface area contributed by atoms with Gasteiger partial charge in [-0.2, -0.15) is 0 Å². The first-order valence-electron chi connectivity index (χ1n) is 14.2. The van der Waals surface area contributed by atoms with Crippen molar-refractivity contribution in [2.45, 2.75) is 137 Å². The molecule has 8 heteroatoms. The first-order chi connectivity index (χ1) is 16.9. The van der Waals surface area contributed by atoms with Crippen molar-refractivity contribution in [3.63, 3.8) is 0 Å². The smallest absolute Gasteiger partial charge is 0.487 e. The van der Waals surface area contributed by atoms with Crippen LogP contribution in [0.1, 0.15) is 131 Å². The van der Waals surface area contributed by atoms with Crippen LogP contribution in [0.15, 0.2) is 0 Å². The number of carboxylic acids is 1. The molecule has 0 saturated heterocycles. The monoisotopic (exact) mass is 536 g/mol. The lowest BCUT2D eigenvalue weighted by atomic mass is 10.1. The Balaban J connectivity index is 0. The van der Waals surface area contributed by atoms with Crippen LogP contribution in [0.3, 0.4) is 0 Å². The Morgan fingerprint density at radius 3 is 1.51 bits per heavy atom. The highest BCUT2D eigenvalue weighted by atomic mass is 32.1. The van der Waals surface area contributed by atoms with Gasteiger partial charge in [0.05, 0.1) is 6.61 Å². The van der Waals surface area contributed by atoms with E-state index in [-0.39, 0.29) is 0 Å². The molecular weight excluding hydrogens is 480 g/mol. The van der Waals surface area contributed by atoms with Crippen LogP contribution in [0, 0.1) is 0 Å². The van der Waals surface area contributed by atoms with E-state index in [1.807, 2.05) is 20.8 Å². The van der Waals surface area contributed by atoms with Crippen molar-refractivity contribution in [1.82, 2.24) is 0 Å². The standard InChI is InChI=1S/C17H36O4SSi.C10H20O2/c1-5-9-10-11-12-14-17(22)18-15-13-16-23(19-6-2,20-7-3)21-8-4;1-2-3-4-5-6-7-8-9-10(11)12/h5-16H2,1-4H3;2-9H2,1H3,(H,11,12). The van der Waals surface area contributed by atoms with Gasteiger partial charge in [-0.15, -0.1) is 0 Å². The summed E-state index contributed by atoms with van der Waals surface area (Å²) in [4.78, 5) is 10.1. The van der Waals surface area contributed by atoms with E-state index in [9.17, 15) is 4.79 Å². The molecule has 0 rings (SSSR count). The SMILES string of the molecule is CCCCCCCC(=S)OCCC[Si](OCC)(OCC)OCC.CCCCCCCCCC(=O)O. The maximum atomic E-state index is 10.1. The van der Waals surface area contributed by atoms with Crippen LogP contribution in [-0.4, -0.2) is 51.4 Å². The number of hydrogen-bond donors (Lipinski definition) is 1. The molecule has 0 aromatic heterocycles. The van der Waals surface area contributed by atoms with Gasteiger partial charge in [-0.05, 0) is 52.3 Å². The van der Waals surface area contributed by atoms with Gasteiger partial charge in [-0.25, -0.2) is 0 Å². The van der Waals surface area contributed by atoms with Crippen molar-refractivity contribution >= 4 is 32.0 Å². The molecule has 0 aliphatic rings. The van der Waals surface area contributed by atoms with Gasteiger partial charge in [0.15, 0.2) is 5.05 Å². The molecule has 0 bridgehead atoms. The topological polar surface area (TPSA) is 74.2 Å². The number of unbranched alkanes of at least 4 members (excludes halogenated alkanes) is 10. The first kappa shape index (κ1) is 36.6. The normalized spacial score (nSPS) is 11.1. The van der Waals surface area contributed by atoms with Crippen molar-refractivity contribution in [1.29, 1.82) is 0 Å². The maximum absolute atomic E-state index is 10.1. The van der Waals surface area contributed by atoms with Gasteiger partial charge in [0.25, 0.3) is 0 Å². The number of thiocarbonyl (C=S) groups is 1. The van der Waals surface area contributed by atoms with Gasteiger partial charge in [-0.3, -0.25) is 4.79 Å². The van der Waals surface area contributed by atoms with Crippen LogP contribution in [0.2, 0.25) is 6.04 Å². The minimum atomic E-state index is -2.53. The van der Waals surface area contributed by atoms with E-state index >= 15 is 0 Å². The summed E-state index contributed by atoms with van der Waals surface area (Å²) in [5, 5.41) is 9.09. The molecule has 0 amide bonds. The van der Waals surface area contributed by atoms with Crippen molar-refractivity contribution in [2.24, 2.45) is 0 Å².